The van der Waals surface area contributed by atoms with E-state index < -0.39 is 0 Å². The number of rotatable bonds is 8. The van der Waals surface area contributed by atoms with Gasteiger partial charge < -0.3 is 9.78 Å². The quantitative estimate of drug-likeness (QED) is 0.589. The molecule has 3 nitrogen and oxygen atoms in total. The van der Waals surface area contributed by atoms with Gasteiger partial charge in [-0.05, 0) is 37.4 Å². The summed E-state index contributed by atoms with van der Waals surface area (Å²) in [5.74, 6) is 0. The van der Waals surface area contributed by atoms with Crippen molar-refractivity contribution < 1.29 is 4.79 Å². The Morgan fingerprint density at radius 3 is 2.82 bits per heavy atom. The van der Waals surface area contributed by atoms with Crippen LogP contribution >= 0.6 is 0 Å². The Bertz CT molecular complexity index is 617. The number of H-pyrrole nitrogens is 1. The third kappa shape index (κ3) is 3.58. The number of unbranched alkanes of at least 4 members (excludes halogenated alkanes) is 5. The van der Waals surface area contributed by atoms with Gasteiger partial charge in [-0.15, -0.1) is 0 Å². The second-order valence-electron chi connectivity index (χ2n) is 6.38. The first-order valence-corrected chi connectivity index (χ1v) is 8.63. The number of nitrogens with zero attached hydrogens (tertiary/aromatic N) is 1. The van der Waals surface area contributed by atoms with Crippen LogP contribution in [0.25, 0.3) is 10.9 Å². The summed E-state index contributed by atoms with van der Waals surface area (Å²) >= 11 is 0. The summed E-state index contributed by atoms with van der Waals surface area (Å²) in [6.45, 7) is 3.44. The third-order valence-electron chi connectivity index (χ3n) is 4.76. The van der Waals surface area contributed by atoms with Crippen molar-refractivity contribution in [2.24, 2.45) is 0 Å². The summed E-state index contributed by atoms with van der Waals surface area (Å²) in [7, 11) is 0. The molecule has 0 saturated carbocycles. The lowest BCUT2D eigenvalue weighted by molar-refractivity contribution is -0.107. The predicted octanol–water partition coefficient (Wildman–Crippen LogP) is 4.07. The zero-order chi connectivity index (χ0) is 15.2. The smallest absolute Gasteiger partial charge is 0.119 e. The van der Waals surface area contributed by atoms with Gasteiger partial charge in [-0.2, -0.15) is 0 Å². The Balaban J connectivity index is 1.45. The Kier molecular flexibility index (Phi) is 5.28. The molecule has 0 saturated heterocycles. The molecule has 1 aromatic heterocycles. The van der Waals surface area contributed by atoms with E-state index in [1.54, 1.807) is 0 Å². The van der Waals surface area contributed by atoms with Gasteiger partial charge in [-0.3, -0.25) is 4.90 Å². The standard InChI is InChI=1S/C19H26N2O/c22-14-8-4-2-1-3-7-12-21-13-11-17-16-9-5-6-10-18(16)20-19(17)15-21/h5-6,9-10,14,20H,1-4,7-8,11-13,15H2. The van der Waals surface area contributed by atoms with Crippen molar-refractivity contribution in [1.82, 2.24) is 9.88 Å². The highest BCUT2D eigenvalue weighted by atomic mass is 16.1. The third-order valence-corrected chi connectivity index (χ3v) is 4.76. The van der Waals surface area contributed by atoms with Crippen LogP contribution < -0.4 is 0 Å². The predicted molar refractivity (Wildman–Crippen MR) is 91.0 cm³/mol. The zero-order valence-electron chi connectivity index (χ0n) is 13.3. The molecule has 1 N–H and O–H groups in total. The van der Waals surface area contributed by atoms with E-state index in [0.717, 1.165) is 25.7 Å². The van der Waals surface area contributed by atoms with Gasteiger partial charge in [-0.25, -0.2) is 0 Å². The highest BCUT2D eigenvalue weighted by molar-refractivity contribution is 5.84. The second kappa shape index (κ2) is 7.59. The fourth-order valence-corrected chi connectivity index (χ4v) is 3.53. The summed E-state index contributed by atoms with van der Waals surface area (Å²) in [4.78, 5) is 16.4. The molecule has 0 radical (unpaired) electrons. The van der Waals surface area contributed by atoms with E-state index in [2.05, 4.69) is 34.1 Å². The molecule has 1 aromatic carbocycles. The number of aldehydes is 1. The number of hydrogen-bond donors (Lipinski definition) is 1. The molecule has 3 heteroatoms. The van der Waals surface area contributed by atoms with E-state index in [1.165, 1.54) is 67.4 Å². The maximum absolute atomic E-state index is 10.3. The fourth-order valence-electron chi connectivity index (χ4n) is 3.53. The van der Waals surface area contributed by atoms with Gasteiger partial charge >= 0.3 is 0 Å². The molecular formula is C19H26N2O. The van der Waals surface area contributed by atoms with Crippen molar-refractivity contribution in [3.05, 3.63) is 35.5 Å². The second-order valence-corrected chi connectivity index (χ2v) is 6.38. The minimum atomic E-state index is 0.731. The van der Waals surface area contributed by atoms with Crippen LogP contribution in [-0.4, -0.2) is 29.3 Å². The summed E-state index contributed by atoms with van der Waals surface area (Å²) in [6, 6.07) is 8.65. The number of benzene rings is 1. The van der Waals surface area contributed by atoms with E-state index in [4.69, 9.17) is 0 Å². The minimum Gasteiger partial charge on any atom is -0.357 e. The van der Waals surface area contributed by atoms with E-state index >= 15 is 0 Å². The average Bonchev–Trinajstić information content (AvgIpc) is 2.91. The number of hydrogen-bond acceptors (Lipinski definition) is 2. The normalized spacial score (nSPS) is 15.1. The molecule has 1 aliphatic rings. The molecule has 0 amide bonds. The van der Waals surface area contributed by atoms with E-state index in [1.807, 2.05) is 0 Å². The van der Waals surface area contributed by atoms with Crippen molar-refractivity contribution in [1.29, 1.82) is 0 Å². The Labute approximate surface area is 132 Å². The molecule has 0 spiro atoms. The van der Waals surface area contributed by atoms with Crippen LogP contribution in [-0.2, 0) is 17.8 Å². The van der Waals surface area contributed by atoms with Crippen LogP contribution in [0.1, 0.15) is 49.8 Å². The SMILES string of the molecule is O=CCCCCCCCN1CCc2c([nH]c3ccccc23)C1. The monoisotopic (exact) mass is 298 g/mol. The molecule has 0 aliphatic carbocycles. The number of para-hydroxylation sites is 1. The number of nitrogens with one attached hydrogen (secondary N) is 1. The van der Waals surface area contributed by atoms with Gasteiger partial charge in [-0.1, -0.05) is 37.5 Å². The van der Waals surface area contributed by atoms with Crippen molar-refractivity contribution in [2.45, 2.75) is 51.5 Å². The van der Waals surface area contributed by atoms with E-state index in [9.17, 15) is 4.79 Å². The van der Waals surface area contributed by atoms with Gasteiger partial charge in [0.25, 0.3) is 0 Å². The number of carbonyl (C=O) groups excluding carboxylic acids is 1. The van der Waals surface area contributed by atoms with Crippen LogP contribution in [0, 0.1) is 0 Å². The number of aromatic amines is 1. The molecule has 0 bridgehead atoms. The van der Waals surface area contributed by atoms with Gasteiger partial charge in [0, 0.05) is 36.1 Å². The summed E-state index contributed by atoms with van der Waals surface area (Å²) in [5.41, 5.74) is 4.23. The largest absolute Gasteiger partial charge is 0.357 e. The maximum Gasteiger partial charge on any atom is 0.119 e. The lowest BCUT2D eigenvalue weighted by Crippen LogP contribution is -2.31. The molecule has 1 aliphatic heterocycles. The first kappa shape index (κ1) is 15.3. The van der Waals surface area contributed by atoms with Crippen molar-refractivity contribution in [3.63, 3.8) is 0 Å². The Morgan fingerprint density at radius 2 is 1.91 bits per heavy atom. The van der Waals surface area contributed by atoms with Gasteiger partial charge in [0.05, 0.1) is 0 Å². The molecule has 22 heavy (non-hydrogen) atoms. The Hall–Kier alpha value is -1.61. The van der Waals surface area contributed by atoms with E-state index in [0.29, 0.717) is 0 Å². The number of fused-ring (bicyclic) bond motifs is 3. The number of aromatic nitrogens is 1. The van der Waals surface area contributed by atoms with E-state index in [-0.39, 0.29) is 0 Å². The average molecular weight is 298 g/mol. The fraction of sp³-hybridized carbons (Fsp3) is 0.526. The van der Waals surface area contributed by atoms with Gasteiger partial charge in [0.2, 0.25) is 0 Å². The first-order valence-electron chi connectivity index (χ1n) is 8.63. The molecule has 0 fully saturated rings. The Morgan fingerprint density at radius 1 is 1.09 bits per heavy atom. The summed E-state index contributed by atoms with van der Waals surface area (Å²) in [6.07, 6.45) is 9.01. The van der Waals surface area contributed by atoms with Crippen LogP contribution in [0.15, 0.2) is 24.3 Å². The summed E-state index contributed by atoms with van der Waals surface area (Å²) in [5, 5.41) is 1.41. The summed E-state index contributed by atoms with van der Waals surface area (Å²) < 4.78 is 0. The lowest BCUT2D eigenvalue weighted by atomic mass is 10.0. The van der Waals surface area contributed by atoms with Crippen LogP contribution in [0.5, 0.6) is 0 Å². The van der Waals surface area contributed by atoms with Crippen molar-refractivity contribution >= 4 is 17.2 Å². The highest BCUT2D eigenvalue weighted by Crippen LogP contribution is 2.27. The van der Waals surface area contributed by atoms with Crippen LogP contribution in [0.4, 0.5) is 0 Å². The number of carbonyl (C=O) groups is 1. The molecule has 118 valence electrons. The zero-order valence-corrected chi connectivity index (χ0v) is 13.3. The molecule has 3 rings (SSSR count). The highest BCUT2D eigenvalue weighted by Gasteiger charge is 2.19. The molecule has 2 aromatic rings. The minimum absolute atomic E-state index is 0.731. The first-order chi connectivity index (χ1) is 10.9. The van der Waals surface area contributed by atoms with Gasteiger partial charge in [0.1, 0.15) is 6.29 Å². The van der Waals surface area contributed by atoms with Crippen LogP contribution in [0.3, 0.4) is 0 Å². The van der Waals surface area contributed by atoms with Crippen LogP contribution in [0.2, 0.25) is 0 Å². The molecule has 0 atom stereocenters. The molecule has 0 unspecified atom stereocenters. The van der Waals surface area contributed by atoms with Gasteiger partial charge in [0.15, 0.2) is 0 Å². The van der Waals surface area contributed by atoms with Crippen molar-refractivity contribution in [2.75, 3.05) is 13.1 Å². The molecular weight excluding hydrogens is 272 g/mol. The topological polar surface area (TPSA) is 36.1 Å². The lowest BCUT2D eigenvalue weighted by Gasteiger charge is -2.26. The molecule has 2 heterocycles. The van der Waals surface area contributed by atoms with Crippen molar-refractivity contribution in [3.8, 4) is 0 Å². The maximum atomic E-state index is 10.3.